The third-order valence-corrected chi connectivity index (χ3v) is 2.67. The van der Waals surface area contributed by atoms with Crippen LogP contribution in [0.1, 0.15) is 5.56 Å². The highest BCUT2D eigenvalue weighted by Gasteiger charge is 2.07. The van der Waals surface area contributed by atoms with Crippen molar-refractivity contribution >= 4 is 17.6 Å². The van der Waals surface area contributed by atoms with Crippen molar-refractivity contribution in [2.45, 2.75) is 0 Å². The van der Waals surface area contributed by atoms with Crippen LogP contribution in [0.5, 0.6) is 5.75 Å². The van der Waals surface area contributed by atoms with E-state index in [1.165, 1.54) is 6.33 Å². The zero-order valence-corrected chi connectivity index (χ0v) is 10.1. The predicted octanol–water partition coefficient (Wildman–Crippen LogP) is 1.83. The fourth-order valence-corrected chi connectivity index (χ4v) is 1.76. The molecule has 1 aromatic carbocycles. The number of hydrogen-bond donors (Lipinski definition) is 3. The third kappa shape index (κ3) is 2.57. The summed E-state index contributed by atoms with van der Waals surface area (Å²) in [4.78, 5) is 12.9. The van der Waals surface area contributed by atoms with E-state index in [0.29, 0.717) is 0 Å². The molecule has 19 heavy (non-hydrogen) atoms. The molecule has 6 heteroatoms. The highest BCUT2D eigenvalue weighted by atomic mass is 16.6. The molecule has 2 aliphatic heterocycles. The summed E-state index contributed by atoms with van der Waals surface area (Å²) in [5.74, 6) is 1.77. The van der Waals surface area contributed by atoms with Crippen molar-refractivity contribution in [3.8, 4) is 5.75 Å². The van der Waals surface area contributed by atoms with Crippen LogP contribution >= 0.6 is 0 Å². The van der Waals surface area contributed by atoms with E-state index in [9.17, 15) is 0 Å². The zero-order chi connectivity index (χ0) is 12.9. The Labute approximate surface area is 110 Å². The van der Waals surface area contributed by atoms with Gasteiger partial charge in [0, 0.05) is 11.8 Å². The van der Waals surface area contributed by atoms with Gasteiger partial charge in [0.25, 0.3) is 0 Å². The van der Waals surface area contributed by atoms with Gasteiger partial charge in [-0.3, -0.25) is 0 Å². The molecule has 3 heterocycles. The van der Waals surface area contributed by atoms with Crippen molar-refractivity contribution < 1.29 is 4.84 Å². The summed E-state index contributed by atoms with van der Waals surface area (Å²) in [6, 6.07) is 7.86. The Morgan fingerprint density at radius 2 is 2.11 bits per heavy atom. The first-order valence-corrected chi connectivity index (χ1v) is 5.89. The molecule has 2 aliphatic rings. The first-order chi connectivity index (χ1) is 9.43. The quantitative estimate of drug-likeness (QED) is 0.667. The minimum atomic E-state index is 0.758. The number of hydroxylamine groups is 1. The first-order valence-electron chi connectivity index (χ1n) is 5.89. The van der Waals surface area contributed by atoms with Crippen LogP contribution in [0.3, 0.4) is 0 Å². The SMILES string of the molecule is C1=Cc2ccccc2ON1.c1ncc2c(n1)NCN2. The van der Waals surface area contributed by atoms with E-state index in [1.807, 2.05) is 30.3 Å². The Hall–Kier alpha value is -2.76. The summed E-state index contributed by atoms with van der Waals surface area (Å²) in [6.07, 6.45) is 7.02. The molecule has 1 aromatic heterocycles. The van der Waals surface area contributed by atoms with Gasteiger partial charge in [-0.25, -0.2) is 15.4 Å². The van der Waals surface area contributed by atoms with Crippen LogP contribution in [0.25, 0.3) is 6.08 Å². The van der Waals surface area contributed by atoms with Gasteiger partial charge < -0.3 is 15.5 Å². The molecule has 2 aromatic rings. The zero-order valence-electron chi connectivity index (χ0n) is 10.1. The molecule has 0 amide bonds. The molecule has 3 N–H and O–H groups in total. The van der Waals surface area contributed by atoms with E-state index >= 15 is 0 Å². The van der Waals surface area contributed by atoms with Gasteiger partial charge in [-0.05, 0) is 12.1 Å². The second-order valence-corrected chi connectivity index (χ2v) is 3.91. The third-order valence-electron chi connectivity index (χ3n) is 2.67. The molecule has 0 fully saturated rings. The second kappa shape index (κ2) is 5.26. The van der Waals surface area contributed by atoms with Crippen molar-refractivity contribution in [2.75, 3.05) is 17.3 Å². The minimum Gasteiger partial charge on any atom is -0.382 e. The van der Waals surface area contributed by atoms with Gasteiger partial charge in [-0.2, -0.15) is 0 Å². The Morgan fingerprint density at radius 1 is 1.16 bits per heavy atom. The van der Waals surface area contributed by atoms with Gasteiger partial charge in [-0.1, -0.05) is 18.2 Å². The second-order valence-electron chi connectivity index (χ2n) is 3.91. The average molecular weight is 255 g/mol. The lowest BCUT2D eigenvalue weighted by Crippen LogP contribution is -2.13. The molecule has 6 nitrogen and oxygen atoms in total. The van der Waals surface area contributed by atoms with Crippen molar-refractivity contribution in [1.29, 1.82) is 0 Å². The van der Waals surface area contributed by atoms with Crippen LogP contribution in [0, 0.1) is 0 Å². The first kappa shape index (κ1) is 11.3. The Balaban J connectivity index is 0.000000117. The van der Waals surface area contributed by atoms with Gasteiger partial charge in [-0.15, -0.1) is 0 Å². The van der Waals surface area contributed by atoms with E-state index < -0.39 is 0 Å². The number of nitrogens with zero attached hydrogens (tertiary/aromatic N) is 2. The largest absolute Gasteiger partial charge is 0.382 e. The van der Waals surface area contributed by atoms with Crippen LogP contribution in [-0.4, -0.2) is 16.6 Å². The number of benzene rings is 1. The van der Waals surface area contributed by atoms with E-state index in [2.05, 4.69) is 26.1 Å². The summed E-state index contributed by atoms with van der Waals surface area (Å²) in [5, 5.41) is 6.10. The molecule has 0 spiro atoms. The molecule has 0 unspecified atom stereocenters. The molecule has 4 rings (SSSR count). The fourth-order valence-electron chi connectivity index (χ4n) is 1.76. The van der Waals surface area contributed by atoms with Crippen LogP contribution in [0.4, 0.5) is 11.5 Å². The van der Waals surface area contributed by atoms with Gasteiger partial charge in [0.1, 0.15) is 6.33 Å². The smallest absolute Gasteiger partial charge is 0.162 e. The number of aromatic nitrogens is 2. The number of nitrogens with one attached hydrogen (secondary N) is 3. The highest BCUT2D eigenvalue weighted by molar-refractivity contribution is 5.67. The van der Waals surface area contributed by atoms with E-state index in [1.54, 1.807) is 12.4 Å². The lowest BCUT2D eigenvalue weighted by Gasteiger charge is -2.11. The number of fused-ring (bicyclic) bond motifs is 2. The Bertz CT molecular complexity index is 576. The topological polar surface area (TPSA) is 71.1 Å². The molecule has 96 valence electrons. The maximum atomic E-state index is 5.09. The molecular formula is C13H13N5O. The maximum Gasteiger partial charge on any atom is 0.162 e. The normalized spacial score (nSPS) is 13.5. The van der Waals surface area contributed by atoms with E-state index in [4.69, 9.17) is 4.84 Å². The summed E-state index contributed by atoms with van der Waals surface area (Å²) >= 11 is 0. The number of anilines is 2. The summed E-state index contributed by atoms with van der Waals surface area (Å²) in [7, 11) is 0. The standard InChI is InChI=1S/C8H7NO.C5H6N4/c1-2-4-8-7(3-1)5-6-9-10-8;1-4-5(8-2-6-1)9-3-7-4/h1-6,9H;1-2,7H,3H2,(H,6,8,9). The molecule has 0 aliphatic carbocycles. The van der Waals surface area contributed by atoms with Crippen molar-refractivity contribution in [1.82, 2.24) is 15.4 Å². The van der Waals surface area contributed by atoms with Gasteiger partial charge >= 0.3 is 0 Å². The average Bonchev–Trinajstić information content (AvgIpc) is 2.96. The Morgan fingerprint density at radius 3 is 3.00 bits per heavy atom. The lowest BCUT2D eigenvalue weighted by molar-refractivity contribution is 0.239. The maximum absolute atomic E-state index is 5.09. The fraction of sp³-hybridized carbons (Fsp3) is 0.0769. The van der Waals surface area contributed by atoms with Crippen molar-refractivity contribution in [3.63, 3.8) is 0 Å². The predicted molar refractivity (Wildman–Crippen MR) is 73.4 cm³/mol. The highest BCUT2D eigenvalue weighted by Crippen LogP contribution is 2.20. The molecule has 0 bridgehead atoms. The lowest BCUT2D eigenvalue weighted by atomic mass is 10.2. The molecule has 0 saturated carbocycles. The molecule has 0 atom stereocenters. The molecular weight excluding hydrogens is 242 g/mol. The molecule has 0 saturated heterocycles. The van der Waals surface area contributed by atoms with E-state index in [0.717, 1.165) is 29.5 Å². The van der Waals surface area contributed by atoms with Crippen LogP contribution in [-0.2, 0) is 0 Å². The van der Waals surface area contributed by atoms with Crippen molar-refractivity contribution in [2.24, 2.45) is 0 Å². The summed E-state index contributed by atoms with van der Waals surface area (Å²) in [6.45, 7) is 0.758. The van der Waals surface area contributed by atoms with Crippen LogP contribution in [0.2, 0.25) is 0 Å². The van der Waals surface area contributed by atoms with Gasteiger partial charge in [0.05, 0.1) is 18.6 Å². The number of hydrogen-bond acceptors (Lipinski definition) is 6. The minimum absolute atomic E-state index is 0.758. The summed E-state index contributed by atoms with van der Waals surface area (Å²) in [5.41, 5.74) is 4.76. The monoisotopic (exact) mass is 255 g/mol. The van der Waals surface area contributed by atoms with Crippen LogP contribution in [0.15, 0.2) is 43.0 Å². The van der Waals surface area contributed by atoms with Gasteiger partial charge in [0.2, 0.25) is 0 Å². The van der Waals surface area contributed by atoms with Crippen LogP contribution < -0.4 is 21.0 Å². The number of rotatable bonds is 0. The number of para-hydroxylation sites is 1. The van der Waals surface area contributed by atoms with E-state index in [-0.39, 0.29) is 0 Å². The summed E-state index contributed by atoms with van der Waals surface area (Å²) < 4.78 is 0. The van der Waals surface area contributed by atoms with Crippen molar-refractivity contribution in [3.05, 3.63) is 48.6 Å². The molecule has 0 radical (unpaired) electrons. The Kier molecular flexibility index (Phi) is 3.14. The van der Waals surface area contributed by atoms with Gasteiger partial charge in [0.15, 0.2) is 11.6 Å².